The Morgan fingerprint density at radius 2 is 2.26 bits per heavy atom. The maximum absolute atomic E-state index is 12.1. The molecule has 0 saturated carbocycles. The largest absolute Gasteiger partial charge is 0.348 e. The molecule has 2 rings (SSSR count). The van der Waals surface area contributed by atoms with Crippen LogP contribution in [0.15, 0.2) is 22.8 Å². The second-order valence-corrected chi connectivity index (χ2v) is 5.78. The van der Waals surface area contributed by atoms with Gasteiger partial charge in [0.15, 0.2) is 0 Å². The molecule has 5 heteroatoms. The minimum absolute atomic E-state index is 0.0820. The minimum Gasteiger partial charge on any atom is -0.348 e. The fourth-order valence-corrected chi connectivity index (χ4v) is 2.86. The van der Waals surface area contributed by atoms with Crippen LogP contribution in [0.3, 0.4) is 0 Å². The number of carbonyl (C=O) groups is 1. The van der Waals surface area contributed by atoms with Gasteiger partial charge in [0.05, 0.1) is 0 Å². The molecule has 1 aromatic rings. The zero-order valence-electron chi connectivity index (χ0n) is 11.2. The molecule has 0 radical (unpaired) electrons. The molecule has 0 aromatic carbocycles. The van der Waals surface area contributed by atoms with E-state index in [4.69, 9.17) is 0 Å². The molecule has 0 atom stereocenters. The highest BCUT2D eigenvalue weighted by atomic mass is 79.9. The average Bonchev–Trinajstić information content (AvgIpc) is 2.42. The predicted octanol–water partition coefficient (Wildman–Crippen LogP) is 2.45. The molecule has 0 unspecified atom stereocenters. The molecule has 104 valence electrons. The molecule has 0 aliphatic carbocycles. The van der Waals surface area contributed by atoms with Crippen molar-refractivity contribution in [3.8, 4) is 0 Å². The third-order valence-electron chi connectivity index (χ3n) is 3.44. The van der Waals surface area contributed by atoms with E-state index in [-0.39, 0.29) is 11.9 Å². The highest BCUT2D eigenvalue weighted by Gasteiger charge is 2.21. The summed E-state index contributed by atoms with van der Waals surface area (Å²) in [6, 6.07) is 3.92. The Morgan fingerprint density at radius 1 is 1.53 bits per heavy atom. The number of pyridine rings is 1. The summed E-state index contributed by atoms with van der Waals surface area (Å²) in [6.07, 6.45) is 4.88. The lowest BCUT2D eigenvalue weighted by molar-refractivity contribution is 0.0905. The Morgan fingerprint density at radius 3 is 2.89 bits per heavy atom. The van der Waals surface area contributed by atoms with Gasteiger partial charge in [-0.1, -0.05) is 6.92 Å². The Kier molecular flexibility index (Phi) is 5.34. The van der Waals surface area contributed by atoms with Gasteiger partial charge in [0.25, 0.3) is 5.91 Å². The third kappa shape index (κ3) is 4.01. The van der Waals surface area contributed by atoms with Crippen molar-refractivity contribution in [2.75, 3.05) is 19.6 Å². The van der Waals surface area contributed by atoms with Crippen molar-refractivity contribution >= 4 is 21.8 Å². The van der Waals surface area contributed by atoms with Crippen LogP contribution in [0.4, 0.5) is 0 Å². The Hall–Kier alpha value is -0.940. The third-order valence-corrected chi connectivity index (χ3v) is 4.08. The fraction of sp³-hybridized carbons (Fsp3) is 0.571. The van der Waals surface area contributed by atoms with E-state index in [0.29, 0.717) is 5.69 Å². The molecule has 1 amide bonds. The van der Waals surface area contributed by atoms with Gasteiger partial charge in [0.1, 0.15) is 5.69 Å². The van der Waals surface area contributed by atoms with Gasteiger partial charge in [0.2, 0.25) is 0 Å². The van der Waals surface area contributed by atoms with Gasteiger partial charge in [-0.3, -0.25) is 4.79 Å². The second kappa shape index (κ2) is 7.01. The standard InChI is InChI=1S/C14H20BrN3O/c1-2-8-18-9-5-11(6-10-18)17-14(19)13-12(15)4-3-7-16-13/h3-4,7,11H,2,5-6,8-10H2,1H3,(H,17,19). The molecular formula is C14H20BrN3O. The first-order valence-electron chi connectivity index (χ1n) is 6.84. The lowest BCUT2D eigenvalue weighted by atomic mass is 10.0. The number of piperidine rings is 1. The van der Waals surface area contributed by atoms with Crippen molar-refractivity contribution in [1.29, 1.82) is 0 Å². The van der Waals surface area contributed by atoms with Crippen molar-refractivity contribution in [1.82, 2.24) is 15.2 Å². The second-order valence-electron chi connectivity index (χ2n) is 4.92. The van der Waals surface area contributed by atoms with Gasteiger partial charge in [0, 0.05) is 29.8 Å². The van der Waals surface area contributed by atoms with Crippen LogP contribution < -0.4 is 5.32 Å². The van der Waals surface area contributed by atoms with E-state index in [9.17, 15) is 4.79 Å². The molecule has 1 saturated heterocycles. The fourth-order valence-electron chi connectivity index (χ4n) is 2.42. The number of halogens is 1. The number of hydrogen-bond donors (Lipinski definition) is 1. The maximum atomic E-state index is 12.1. The van der Waals surface area contributed by atoms with Crippen molar-refractivity contribution in [3.05, 3.63) is 28.5 Å². The molecule has 19 heavy (non-hydrogen) atoms. The quantitative estimate of drug-likeness (QED) is 0.924. The number of rotatable bonds is 4. The number of amides is 1. The molecule has 1 N–H and O–H groups in total. The highest BCUT2D eigenvalue weighted by molar-refractivity contribution is 9.10. The number of aromatic nitrogens is 1. The van der Waals surface area contributed by atoms with Gasteiger partial charge in [-0.15, -0.1) is 0 Å². The number of nitrogens with zero attached hydrogens (tertiary/aromatic N) is 2. The number of nitrogens with one attached hydrogen (secondary N) is 1. The summed E-state index contributed by atoms with van der Waals surface area (Å²) in [5.41, 5.74) is 0.471. The molecule has 0 bridgehead atoms. The monoisotopic (exact) mass is 325 g/mol. The van der Waals surface area contributed by atoms with Gasteiger partial charge in [-0.05, 0) is 53.9 Å². The zero-order valence-corrected chi connectivity index (χ0v) is 12.8. The van der Waals surface area contributed by atoms with E-state index in [1.54, 1.807) is 6.20 Å². The SMILES string of the molecule is CCCN1CCC(NC(=O)c2ncccc2Br)CC1. The number of carbonyl (C=O) groups excluding carboxylic acids is 1. The topological polar surface area (TPSA) is 45.2 Å². The van der Waals surface area contributed by atoms with Crippen LogP contribution in [0.25, 0.3) is 0 Å². The molecule has 1 aromatic heterocycles. The molecule has 4 nitrogen and oxygen atoms in total. The zero-order chi connectivity index (χ0) is 13.7. The van der Waals surface area contributed by atoms with Crippen LogP contribution in [0, 0.1) is 0 Å². The van der Waals surface area contributed by atoms with E-state index in [2.05, 4.69) is 38.1 Å². The molecule has 1 aliphatic rings. The molecule has 2 heterocycles. The summed E-state index contributed by atoms with van der Waals surface area (Å²) in [6.45, 7) is 5.50. The summed E-state index contributed by atoms with van der Waals surface area (Å²) < 4.78 is 0.746. The van der Waals surface area contributed by atoms with Gasteiger partial charge in [-0.25, -0.2) is 4.98 Å². The van der Waals surface area contributed by atoms with Crippen molar-refractivity contribution in [2.45, 2.75) is 32.2 Å². The molecule has 0 spiro atoms. The lowest BCUT2D eigenvalue weighted by Crippen LogP contribution is -2.45. The number of likely N-dealkylation sites (tertiary alicyclic amines) is 1. The highest BCUT2D eigenvalue weighted by Crippen LogP contribution is 2.15. The normalized spacial score (nSPS) is 17.4. The van der Waals surface area contributed by atoms with Crippen molar-refractivity contribution < 1.29 is 4.79 Å². The summed E-state index contributed by atoms with van der Waals surface area (Å²) in [7, 11) is 0. The minimum atomic E-state index is -0.0820. The van der Waals surface area contributed by atoms with Crippen molar-refractivity contribution in [3.63, 3.8) is 0 Å². The molecular weight excluding hydrogens is 306 g/mol. The Balaban J connectivity index is 1.86. The molecule has 1 aliphatic heterocycles. The van der Waals surface area contributed by atoms with Gasteiger partial charge >= 0.3 is 0 Å². The van der Waals surface area contributed by atoms with Crippen LogP contribution in [0.2, 0.25) is 0 Å². The van der Waals surface area contributed by atoms with E-state index < -0.39 is 0 Å². The lowest BCUT2D eigenvalue weighted by Gasteiger charge is -2.32. The first kappa shape index (κ1) is 14.5. The van der Waals surface area contributed by atoms with E-state index in [1.165, 1.54) is 6.42 Å². The van der Waals surface area contributed by atoms with E-state index in [1.807, 2.05) is 12.1 Å². The Bertz CT molecular complexity index is 430. The van der Waals surface area contributed by atoms with Crippen molar-refractivity contribution in [2.24, 2.45) is 0 Å². The van der Waals surface area contributed by atoms with Gasteiger partial charge in [-0.2, -0.15) is 0 Å². The average molecular weight is 326 g/mol. The summed E-state index contributed by atoms with van der Waals surface area (Å²) in [4.78, 5) is 18.7. The summed E-state index contributed by atoms with van der Waals surface area (Å²) >= 11 is 3.36. The molecule has 1 fully saturated rings. The summed E-state index contributed by atoms with van der Waals surface area (Å²) in [5.74, 6) is -0.0820. The van der Waals surface area contributed by atoms with Crippen LogP contribution in [-0.2, 0) is 0 Å². The van der Waals surface area contributed by atoms with Gasteiger partial charge < -0.3 is 10.2 Å². The van der Waals surface area contributed by atoms with E-state index in [0.717, 1.165) is 36.9 Å². The first-order chi connectivity index (χ1) is 9.20. The predicted molar refractivity (Wildman–Crippen MR) is 79.2 cm³/mol. The maximum Gasteiger partial charge on any atom is 0.271 e. The summed E-state index contributed by atoms with van der Waals surface area (Å²) in [5, 5.41) is 3.08. The van der Waals surface area contributed by atoms with Crippen LogP contribution in [-0.4, -0.2) is 41.5 Å². The van der Waals surface area contributed by atoms with E-state index >= 15 is 0 Å². The number of hydrogen-bond acceptors (Lipinski definition) is 3. The first-order valence-corrected chi connectivity index (χ1v) is 7.63. The van der Waals surface area contributed by atoms with Crippen LogP contribution in [0.1, 0.15) is 36.7 Å². The van der Waals surface area contributed by atoms with Crippen LogP contribution >= 0.6 is 15.9 Å². The Labute approximate surface area is 122 Å². The smallest absolute Gasteiger partial charge is 0.271 e. The van der Waals surface area contributed by atoms with Crippen LogP contribution in [0.5, 0.6) is 0 Å².